The zero-order valence-electron chi connectivity index (χ0n) is 15.2. The highest BCUT2D eigenvalue weighted by Crippen LogP contribution is 2.28. The van der Waals surface area contributed by atoms with Gasteiger partial charge in [0.15, 0.2) is 17.2 Å². The quantitative estimate of drug-likeness (QED) is 0.378. The monoisotopic (exact) mass is 483 g/mol. The third kappa shape index (κ3) is 3.77. The Morgan fingerprint density at radius 2 is 2.13 bits per heavy atom. The van der Waals surface area contributed by atoms with Gasteiger partial charge in [-0.1, -0.05) is 17.7 Å². The van der Waals surface area contributed by atoms with Crippen LogP contribution in [0.3, 0.4) is 0 Å². The first-order chi connectivity index (χ1) is 14.5. The zero-order valence-corrected chi connectivity index (χ0v) is 17.6. The van der Waals surface area contributed by atoms with Gasteiger partial charge in [0.2, 0.25) is 0 Å². The summed E-state index contributed by atoms with van der Waals surface area (Å²) in [5.74, 6) is -0.723. The number of anilines is 1. The highest BCUT2D eigenvalue weighted by Gasteiger charge is 2.22. The molecule has 2 aromatic carbocycles. The molecule has 0 saturated heterocycles. The van der Waals surface area contributed by atoms with Crippen molar-refractivity contribution in [3.8, 4) is 6.07 Å². The molecule has 0 radical (unpaired) electrons. The lowest BCUT2D eigenvalue weighted by Gasteiger charge is -2.13. The van der Waals surface area contributed by atoms with E-state index in [0.29, 0.717) is 17.0 Å². The van der Waals surface area contributed by atoms with Crippen LogP contribution >= 0.6 is 27.5 Å². The topological polar surface area (TPSA) is 94.5 Å². The van der Waals surface area contributed by atoms with Crippen LogP contribution in [0.5, 0.6) is 0 Å². The fraction of sp³-hybridized carbons (Fsp3) is 0.0476. The van der Waals surface area contributed by atoms with Crippen molar-refractivity contribution < 1.29 is 9.18 Å². The SMILES string of the molecule is N#Cc1cc(Cl)cc(C(=O)c2c(CNc3n[nH]c4ncccc34)ccc(Br)c2F)c1. The summed E-state index contributed by atoms with van der Waals surface area (Å²) >= 11 is 9.15. The first-order valence-electron chi connectivity index (χ1n) is 8.73. The van der Waals surface area contributed by atoms with E-state index in [1.165, 1.54) is 24.3 Å². The van der Waals surface area contributed by atoms with Gasteiger partial charge in [0, 0.05) is 23.3 Å². The van der Waals surface area contributed by atoms with Crippen LogP contribution in [-0.4, -0.2) is 21.0 Å². The molecule has 4 aromatic rings. The van der Waals surface area contributed by atoms with Crippen LogP contribution in [0.1, 0.15) is 27.0 Å². The number of H-pyrrole nitrogens is 1. The minimum atomic E-state index is -0.689. The Hall–Kier alpha value is -3.28. The van der Waals surface area contributed by atoms with Gasteiger partial charge in [-0.05, 0) is 57.9 Å². The van der Waals surface area contributed by atoms with Gasteiger partial charge in [0.05, 0.1) is 27.1 Å². The lowest BCUT2D eigenvalue weighted by molar-refractivity contribution is 0.103. The second kappa shape index (κ2) is 8.22. The molecule has 30 heavy (non-hydrogen) atoms. The number of hydrogen-bond acceptors (Lipinski definition) is 5. The zero-order chi connectivity index (χ0) is 21.3. The van der Waals surface area contributed by atoms with Crippen molar-refractivity contribution in [2.45, 2.75) is 6.54 Å². The van der Waals surface area contributed by atoms with Gasteiger partial charge in [-0.15, -0.1) is 0 Å². The molecule has 2 N–H and O–H groups in total. The fourth-order valence-corrected chi connectivity index (χ4v) is 3.65. The first kappa shape index (κ1) is 20.0. The first-order valence-corrected chi connectivity index (χ1v) is 9.90. The number of nitrogens with one attached hydrogen (secondary N) is 2. The van der Waals surface area contributed by atoms with Crippen LogP contribution in [-0.2, 0) is 6.54 Å². The molecule has 0 spiro atoms. The van der Waals surface area contributed by atoms with Crippen LogP contribution in [0.25, 0.3) is 11.0 Å². The number of benzene rings is 2. The Morgan fingerprint density at radius 1 is 1.30 bits per heavy atom. The lowest BCUT2D eigenvalue weighted by atomic mass is 9.96. The number of rotatable bonds is 5. The Balaban J connectivity index is 1.72. The predicted molar refractivity (Wildman–Crippen MR) is 115 cm³/mol. The average molecular weight is 485 g/mol. The molecule has 0 aliphatic heterocycles. The number of fused-ring (bicyclic) bond motifs is 1. The van der Waals surface area contributed by atoms with Gasteiger partial charge < -0.3 is 5.32 Å². The van der Waals surface area contributed by atoms with Crippen molar-refractivity contribution in [3.63, 3.8) is 0 Å². The van der Waals surface area contributed by atoms with Crippen molar-refractivity contribution in [1.82, 2.24) is 15.2 Å². The number of pyridine rings is 1. The minimum Gasteiger partial charge on any atom is -0.364 e. The summed E-state index contributed by atoms with van der Waals surface area (Å²) in [6.45, 7) is 0.145. The maximum absolute atomic E-state index is 15.0. The molecule has 0 amide bonds. The maximum Gasteiger partial charge on any atom is 0.196 e. The average Bonchev–Trinajstić information content (AvgIpc) is 3.16. The molecule has 0 aliphatic carbocycles. The number of aromatic amines is 1. The third-order valence-corrected chi connectivity index (χ3v) is 5.31. The number of nitrogens with zero attached hydrogens (tertiary/aromatic N) is 3. The summed E-state index contributed by atoms with van der Waals surface area (Å²) in [7, 11) is 0. The van der Waals surface area contributed by atoms with Crippen LogP contribution in [0.4, 0.5) is 10.2 Å². The normalized spacial score (nSPS) is 10.7. The van der Waals surface area contributed by atoms with E-state index in [0.717, 1.165) is 5.39 Å². The Labute approximate surface area is 183 Å². The van der Waals surface area contributed by atoms with E-state index in [4.69, 9.17) is 16.9 Å². The van der Waals surface area contributed by atoms with E-state index in [-0.39, 0.29) is 32.7 Å². The molecular formula is C21H12BrClFN5O. The summed E-state index contributed by atoms with van der Waals surface area (Å²) in [5.41, 5.74) is 1.28. The second-order valence-corrected chi connectivity index (χ2v) is 7.68. The van der Waals surface area contributed by atoms with Crippen LogP contribution in [0.2, 0.25) is 5.02 Å². The Kier molecular flexibility index (Phi) is 5.48. The highest BCUT2D eigenvalue weighted by molar-refractivity contribution is 9.10. The van der Waals surface area contributed by atoms with Crippen molar-refractivity contribution in [3.05, 3.63) is 86.2 Å². The third-order valence-electron chi connectivity index (χ3n) is 4.48. The molecular weight excluding hydrogens is 473 g/mol. The summed E-state index contributed by atoms with van der Waals surface area (Å²) < 4.78 is 15.1. The minimum absolute atomic E-state index is 0.110. The van der Waals surface area contributed by atoms with E-state index in [9.17, 15) is 9.18 Å². The van der Waals surface area contributed by atoms with Gasteiger partial charge in [-0.3, -0.25) is 9.89 Å². The molecule has 0 saturated carbocycles. The van der Waals surface area contributed by atoms with Crippen LogP contribution in [0.15, 0.2) is 53.1 Å². The molecule has 0 atom stereocenters. The largest absolute Gasteiger partial charge is 0.364 e. The molecule has 0 aliphatic rings. The van der Waals surface area contributed by atoms with E-state index in [1.807, 2.05) is 12.1 Å². The summed E-state index contributed by atoms with van der Waals surface area (Å²) in [6.07, 6.45) is 1.64. The van der Waals surface area contributed by atoms with Gasteiger partial charge in [-0.25, -0.2) is 9.37 Å². The number of carbonyl (C=O) groups is 1. The number of halogens is 3. The summed E-state index contributed by atoms with van der Waals surface area (Å²) in [6, 6.07) is 13.0. The van der Waals surface area contributed by atoms with E-state index >= 15 is 0 Å². The fourth-order valence-electron chi connectivity index (χ4n) is 3.08. The van der Waals surface area contributed by atoms with Crippen LogP contribution in [0, 0.1) is 17.1 Å². The van der Waals surface area contributed by atoms with Gasteiger partial charge in [0.1, 0.15) is 5.82 Å². The maximum atomic E-state index is 15.0. The number of ketones is 1. The molecule has 6 nitrogen and oxygen atoms in total. The predicted octanol–water partition coefficient (Wildman–Crippen LogP) is 5.23. The number of hydrogen-bond donors (Lipinski definition) is 2. The van der Waals surface area contributed by atoms with Crippen molar-refractivity contribution >= 4 is 50.2 Å². The number of carbonyl (C=O) groups excluding carboxylic acids is 1. The second-order valence-electron chi connectivity index (χ2n) is 6.39. The summed E-state index contributed by atoms with van der Waals surface area (Å²) in [4.78, 5) is 17.3. The number of aromatic nitrogens is 3. The molecule has 9 heteroatoms. The molecule has 2 heterocycles. The summed E-state index contributed by atoms with van der Waals surface area (Å²) in [5, 5.41) is 20.2. The molecule has 0 fully saturated rings. The van der Waals surface area contributed by atoms with Crippen LogP contribution < -0.4 is 5.32 Å². The highest BCUT2D eigenvalue weighted by atomic mass is 79.9. The number of nitriles is 1. The smallest absolute Gasteiger partial charge is 0.196 e. The van der Waals surface area contributed by atoms with Gasteiger partial charge in [0.25, 0.3) is 0 Å². The van der Waals surface area contributed by atoms with Crippen molar-refractivity contribution in [1.29, 1.82) is 5.26 Å². The Morgan fingerprint density at radius 3 is 2.93 bits per heavy atom. The van der Waals surface area contributed by atoms with E-state index in [1.54, 1.807) is 18.3 Å². The molecule has 2 aromatic heterocycles. The standard InChI is InChI=1S/C21H12BrClFN5O/c22-16-4-3-12(10-27-21-15-2-1-5-26-20(15)28-29-21)17(18(16)24)19(30)13-6-11(9-25)7-14(23)8-13/h1-8H,10H2,(H2,26,27,28,29). The molecule has 0 bridgehead atoms. The van der Waals surface area contributed by atoms with E-state index in [2.05, 4.69) is 36.4 Å². The molecule has 0 unspecified atom stereocenters. The lowest BCUT2D eigenvalue weighted by Crippen LogP contribution is -2.12. The van der Waals surface area contributed by atoms with Gasteiger partial charge >= 0.3 is 0 Å². The van der Waals surface area contributed by atoms with E-state index < -0.39 is 11.6 Å². The molecule has 148 valence electrons. The Bertz CT molecular complexity index is 1330. The van der Waals surface area contributed by atoms with Crippen molar-refractivity contribution in [2.24, 2.45) is 0 Å². The van der Waals surface area contributed by atoms with Gasteiger partial charge in [-0.2, -0.15) is 10.4 Å². The molecule has 4 rings (SSSR count). The van der Waals surface area contributed by atoms with Crippen molar-refractivity contribution in [2.75, 3.05) is 5.32 Å².